The van der Waals surface area contributed by atoms with Crippen LogP contribution in [-0.4, -0.2) is 24.0 Å². The Balaban J connectivity index is 1.61. The second-order valence-electron chi connectivity index (χ2n) is 7.02. The Morgan fingerprint density at radius 2 is 2.00 bits per heavy atom. The van der Waals surface area contributed by atoms with Crippen LogP contribution in [0.25, 0.3) is 0 Å². The van der Waals surface area contributed by atoms with E-state index in [0.29, 0.717) is 12.5 Å². The lowest BCUT2D eigenvalue weighted by Gasteiger charge is -2.19. The molecule has 1 aliphatic rings. The van der Waals surface area contributed by atoms with Crippen LogP contribution < -0.4 is 10.6 Å². The number of hydrogen-bond acceptors (Lipinski definition) is 3. The van der Waals surface area contributed by atoms with Gasteiger partial charge in [-0.05, 0) is 31.2 Å². The number of hydrogen-bond donors (Lipinski definition) is 2. The zero-order chi connectivity index (χ0) is 17.7. The zero-order valence-corrected chi connectivity index (χ0v) is 16.2. The summed E-state index contributed by atoms with van der Waals surface area (Å²) in [5, 5.41) is 10.1. The van der Waals surface area contributed by atoms with Gasteiger partial charge in [0, 0.05) is 23.9 Å². The molecule has 0 radical (unpaired) electrons. The van der Waals surface area contributed by atoms with Crippen molar-refractivity contribution >= 4 is 17.3 Å². The largest absolute Gasteiger partial charge is 0.357 e. The van der Waals surface area contributed by atoms with Gasteiger partial charge in [-0.25, -0.2) is 9.98 Å². The summed E-state index contributed by atoms with van der Waals surface area (Å²) in [7, 11) is 0. The molecule has 0 bridgehead atoms. The van der Waals surface area contributed by atoms with Gasteiger partial charge in [-0.3, -0.25) is 0 Å². The molecule has 0 unspecified atom stereocenters. The minimum Gasteiger partial charge on any atom is -0.357 e. The predicted molar refractivity (Wildman–Crippen MR) is 106 cm³/mol. The number of aromatic nitrogens is 1. The average molecular weight is 357 g/mol. The topological polar surface area (TPSA) is 49.3 Å². The quantitative estimate of drug-likeness (QED) is 0.581. The molecule has 0 saturated heterocycles. The molecule has 2 N–H and O–H groups in total. The van der Waals surface area contributed by atoms with Crippen molar-refractivity contribution in [3.05, 3.63) is 52.0 Å². The third-order valence-corrected chi connectivity index (χ3v) is 5.56. The van der Waals surface area contributed by atoms with E-state index in [1.165, 1.54) is 18.4 Å². The number of aliphatic imine (C=N–C) groups is 1. The third-order valence-electron chi connectivity index (χ3n) is 4.71. The summed E-state index contributed by atoms with van der Waals surface area (Å²) >= 11 is 1.70. The minimum absolute atomic E-state index is 0.281. The van der Waals surface area contributed by atoms with Gasteiger partial charge in [0.15, 0.2) is 5.96 Å². The lowest BCUT2D eigenvalue weighted by atomic mass is 9.96. The lowest BCUT2D eigenvalue weighted by molar-refractivity contribution is 0.646. The van der Waals surface area contributed by atoms with Crippen molar-refractivity contribution in [1.82, 2.24) is 15.6 Å². The molecule has 4 nitrogen and oxygen atoms in total. The normalized spacial score (nSPS) is 16.1. The van der Waals surface area contributed by atoms with E-state index in [1.54, 1.807) is 11.3 Å². The second-order valence-corrected chi connectivity index (χ2v) is 7.96. The molecule has 1 aromatic heterocycles. The molecule has 1 aliphatic carbocycles. The molecule has 1 fully saturated rings. The Morgan fingerprint density at radius 1 is 1.24 bits per heavy atom. The van der Waals surface area contributed by atoms with E-state index < -0.39 is 0 Å². The Morgan fingerprint density at radius 3 is 2.60 bits per heavy atom. The fourth-order valence-electron chi connectivity index (χ4n) is 2.91. The van der Waals surface area contributed by atoms with Crippen LogP contribution in [0.2, 0.25) is 0 Å². The molecule has 0 spiro atoms. The zero-order valence-electron chi connectivity index (χ0n) is 15.4. The van der Waals surface area contributed by atoms with E-state index in [9.17, 15) is 0 Å². The van der Waals surface area contributed by atoms with Crippen molar-refractivity contribution in [2.24, 2.45) is 4.99 Å². The van der Waals surface area contributed by atoms with Crippen LogP contribution in [0.5, 0.6) is 0 Å². The summed E-state index contributed by atoms with van der Waals surface area (Å²) in [6.45, 7) is 8.86. The summed E-state index contributed by atoms with van der Waals surface area (Å²) in [4.78, 5) is 9.39. The van der Waals surface area contributed by atoms with Crippen molar-refractivity contribution in [2.75, 3.05) is 13.1 Å². The van der Waals surface area contributed by atoms with Crippen LogP contribution >= 0.6 is 11.3 Å². The van der Waals surface area contributed by atoms with Crippen LogP contribution in [0.3, 0.4) is 0 Å². The average Bonchev–Trinajstić information content (AvgIpc) is 3.27. The maximum atomic E-state index is 4.72. The van der Waals surface area contributed by atoms with Crippen molar-refractivity contribution in [2.45, 2.75) is 51.5 Å². The summed E-state index contributed by atoms with van der Waals surface area (Å²) < 4.78 is 0. The van der Waals surface area contributed by atoms with Crippen LogP contribution in [0.1, 0.15) is 55.8 Å². The summed E-state index contributed by atoms with van der Waals surface area (Å²) in [6, 6.07) is 10.8. The number of nitrogens with one attached hydrogen (secondary N) is 2. The smallest absolute Gasteiger partial charge is 0.191 e. The third kappa shape index (κ3) is 4.60. The summed E-state index contributed by atoms with van der Waals surface area (Å²) in [5.41, 5.74) is 2.87. The van der Waals surface area contributed by atoms with E-state index >= 15 is 0 Å². The highest BCUT2D eigenvalue weighted by molar-refractivity contribution is 7.09. The molecular formula is C20H28N4S. The first-order valence-corrected chi connectivity index (χ1v) is 10.0. The standard InChI is InChI=1S/C20H28N4S/c1-4-21-19(22-12-18-24-17(13-25-18)15(2)3)23-14-20(10-11-20)16-8-6-5-7-9-16/h5-9,13,15H,4,10-12,14H2,1-3H3,(H2,21,22,23). The molecule has 134 valence electrons. The van der Waals surface area contributed by atoms with Crippen molar-refractivity contribution in [3.63, 3.8) is 0 Å². The molecule has 1 aromatic carbocycles. The Kier molecular flexibility index (Phi) is 5.74. The molecule has 5 heteroatoms. The summed E-state index contributed by atoms with van der Waals surface area (Å²) in [6.07, 6.45) is 2.49. The molecule has 1 saturated carbocycles. The molecule has 1 heterocycles. The maximum Gasteiger partial charge on any atom is 0.191 e. The van der Waals surface area contributed by atoms with Crippen LogP contribution in [0.4, 0.5) is 0 Å². The summed E-state index contributed by atoms with van der Waals surface area (Å²) in [5.74, 6) is 1.35. The highest BCUT2D eigenvalue weighted by atomic mass is 32.1. The van der Waals surface area contributed by atoms with Gasteiger partial charge >= 0.3 is 0 Å². The second kappa shape index (κ2) is 8.00. The number of guanidine groups is 1. The Labute approximate surface area is 154 Å². The van der Waals surface area contributed by atoms with Gasteiger partial charge in [-0.15, -0.1) is 11.3 Å². The maximum absolute atomic E-state index is 4.72. The van der Waals surface area contributed by atoms with Crippen LogP contribution in [-0.2, 0) is 12.0 Å². The van der Waals surface area contributed by atoms with Gasteiger partial charge in [0.1, 0.15) is 5.01 Å². The van der Waals surface area contributed by atoms with E-state index in [4.69, 9.17) is 4.99 Å². The van der Waals surface area contributed by atoms with Gasteiger partial charge in [-0.2, -0.15) is 0 Å². The van der Waals surface area contributed by atoms with E-state index in [1.807, 2.05) is 0 Å². The minimum atomic E-state index is 0.281. The molecule has 2 aromatic rings. The molecular weight excluding hydrogens is 328 g/mol. The number of benzene rings is 1. The number of thiazole rings is 1. The van der Waals surface area contributed by atoms with E-state index in [2.05, 4.69) is 72.1 Å². The fraction of sp³-hybridized carbons (Fsp3) is 0.500. The molecule has 0 atom stereocenters. The predicted octanol–water partition coefficient (Wildman–Crippen LogP) is 4.05. The first-order chi connectivity index (χ1) is 12.1. The van der Waals surface area contributed by atoms with Crippen LogP contribution in [0, 0.1) is 0 Å². The monoisotopic (exact) mass is 356 g/mol. The SMILES string of the molecule is CCNC(=NCc1nc(C(C)C)cs1)NCC1(c2ccccc2)CC1. The highest BCUT2D eigenvalue weighted by Gasteiger charge is 2.43. The van der Waals surface area contributed by atoms with Crippen molar-refractivity contribution in [3.8, 4) is 0 Å². The molecule has 25 heavy (non-hydrogen) atoms. The van der Waals surface area contributed by atoms with Gasteiger partial charge < -0.3 is 10.6 Å². The van der Waals surface area contributed by atoms with Gasteiger partial charge in [0.2, 0.25) is 0 Å². The first kappa shape index (κ1) is 17.9. The fourth-order valence-corrected chi connectivity index (χ4v) is 3.79. The van der Waals surface area contributed by atoms with E-state index in [0.717, 1.165) is 29.8 Å². The molecule has 0 amide bonds. The van der Waals surface area contributed by atoms with Gasteiger partial charge in [0.05, 0.1) is 12.2 Å². The molecule has 0 aliphatic heterocycles. The van der Waals surface area contributed by atoms with Gasteiger partial charge in [-0.1, -0.05) is 44.2 Å². The Bertz CT molecular complexity index is 701. The van der Waals surface area contributed by atoms with Crippen molar-refractivity contribution < 1.29 is 0 Å². The lowest BCUT2D eigenvalue weighted by Crippen LogP contribution is -2.41. The number of nitrogens with zero attached hydrogens (tertiary/aromatic N) is 2. The molecule has 3 rings (SSSR count). The Hall–Kier alpha value is -1.88. The van der Waals surface area contributed by atoms with Gasteiger partial charge in [0.25, 0.3) is 0 Å². The van der Waals surface area contributed by atoms with Crippen molar-refractivity contribution in [1.29, 1.82) is 0 Å². The van der Waals surface area contributed by atoms with E-state index in [-0.39, 0.29) is 5.41 Å². The van der Waals surface area contributed by atoms with Crippen LogP contribution in [0.15, 0.2) is 40.7 Å². The highest BCUT2D eigenvalue weighted by Crippen LogP contribution is 2.47. The number of rotatable bonds is 7. The first-order valence-electron chi connectivity index (χ1n) is 9.15.